The highest BCUT2D eigenvalue weighted by atomic mass is 16.6. The second-order valence-electron chi connectivity index (χ2n) is 9.17. The van der Waals surface area contributed by atoms with Crippen LogP contribution in [0.2, 0.25) is 0 Å². The highest BCUT2D eigenvalue weighted by Crippen LogP contribution is 2.27. The summed E-state index contributed by atoms with van der Waals surface area (Å²) in [5.74, 6) is 0.593. The number of benzene rings is 3. The highest BCUT2D eigenvalue weighted by molar-refractivity contribution is 5.81. The van der Waals surface area contributed by atoms with Crippen LogP contribution in [0.1, 0.15) is 35.8 Å². The molecule has 4 aromatic rings. The molecule has 3 aromatic carbocycles. The van der Waals surface area contributed by atoms with Crippen LogP contribution < -0.4 is 5.32 Å². The molecule has 1 aromatic heterocycles. The molecule has 184 valence electrons. The zero-order chi connectivity index (χ0) is 24.9. The second kappa shape index (κ2) is 10.6. The van der Waals surface area contributed by atoms with Crippen molar-refractivity contribution in [3.63, 3.8) is 0 Å². The van der Waals surface area contributed by atoms with Crippen LogP contribution in [-0.4, -0.2) is 39.5 Å². The lowest BCUT2D eigenvalue weighted by Crippen LogP contribution is -2.44. The topological polar surface area (TPSA) is 76.5 Å². The van der Waals surface area contributed by atoms with Gasteiger partial charge in [-0.2, -0.15) is 0 Å². The molecule has 1 fully saturated rings. The average Bonchev–Trinajstić information content (AvgIpc) is 3.27. The van der Waals surface area contributed by atoms with Crippen LogP contribution in [0.5, 0.6) is 0 Å². The van der Waals surface area contributed by atoms with Crippen molar-refractivity contribution >= 4 is 23.0 Å². The first-order chi connectivity index (χ1) is 17.6. The number of ether oxygens (including phenoxy) is 1. The van der Waals surface area contributed by atoms with Crippen molar-refractivity contribution in [2.75, 3.05) is 13.1 Å². The van der Waals surface area contributed by atoms with E-state index in [4.69, 9.17) is 9.72 Å². The summed E-state index contributed by atoms with van der Waals surface area (Å²) in [6, 6.07) is 27.1. The Morgan fingerprint density at radius 1 is 0.944 bits per heavy atom. The summed E-state index contributed by atoms with van der Waals surface area (Å²) in [7, 11) is 1.98. The van der Waals surface area contributed by atoms with Crippen molar-refractivity contribution in [3.05, 3.63) is 102 Å². The molecular formula is C29H30N4O3. The van der Waals surface area contributed by atoms with Gasteiger partial charge in [0.2, 0.25) is 5.91 Å². The molecule has 7 nitrogen and oxygen atoms in total. The number of para-hydroxylation sites is 2. The van der Waals surface area contributed by atoms with E-state index in [1.807, 2.05) is 96.5 Å². The predicted octanol–water partition coefficient (Wildman–Crippen LogP) is 4.83. The number of nitrogens with one attached hydrogen (secondary N) is 1. The fourth-order valence-electron chi connectivity index (χ4n) is 4.76. The van der Waals surface area contributed by atoms with Gasteiger partial charge in [-0.15, -0.1) is 0 Å². The largest absolute Gasteiger partial charge is 0.445 e. The molecule has 2 amide bonds. The van der Waals surface area contributed by atoms with E-state index in [-0.39, 0.29) is 30.6 Å². The van der Waals surface area contributed by atoms with Gasteiger partial charge in [0, 0.05) is 26.1 Å². The number of piperidine rings is 1. The van der Waals surface area contributed by atoms with Gasteiger partial charge in [-0.05, 0) is 36.1 Å². The third kappa shape index (κ3) is 5.10. The van der Waals surface area contributed by atoms with Crippen molar-refractivity contribution in [3.8, 4) is 0 Å². The maximum absolute atomic E-state index is 13.4. The van der Waals surface area contributed by atoms with Crippen LogP contribution >= 0.6 is 0 Å². The Balaban J connectivity index is 1.24. The van der Waals surface area contributed by atoms with Crippen LogP contribution in [-0.2, 0) is 23.2 Å². The number of imidazole rings is 1. The Bertz CT molecular complexity index is 1330. The number of fused-ring (bicyclic) bond motifs is 1. The lowest BCUT2D eigenvalue weighted by molar-refractivity contribution is -0.127. The van der Waals surface area contributed by atoms with Gasteiger partial charge in [-0.1, -0.05) is 72.8 Å². The molecule has 5 rings (SSSR count). The summed E-state index contributed by atoms with van der Waals surface area (Å²) in [4.78, 5) is 32.4. The summed E-state index contributed by atoms with van der Waals surface area (Å²) in [5, 5.41) is 3.25. The van der Waals surface area contributed by atoms with Crippen LogP contribution in [0, 0.1) is 5.92 Å². The van der Waals surface area contributed by atoms with Crippen molar-refractivity contribution in [1.82, 2.24) is 19.8 Å². The average molecular weight is 483 g/mol. The van der Waals surface area contributed by atoms with Crippen molar-refractivity contribution < 1.29 is 14.3 Å². The van der Waals surface area contributed by atoms with Gasteiger partial charge in [0.1, 0.15) is 18.5 Å². The van der Waals surface area contributed by atoms with Gasteiger partial charge < -0.3 is 19.5 Å². The molecule has 36 heavy (non-hydrogen) atoms. The summed E-state index contributed by atoms with van der Waals surface area (Å²) >= 11 is 0. The number of amides is 2. The fourth-order valence-corrected chi connectivity index (χ4v) is 4.76. The monoisotopic (exact) mass is 482 g/mol. The Morgan fingerprint density at radius 2 is 1.58 bits per heavy atom. The maximum Gasteiger partial charge on any atom is 0.410 e. The number of likely N-dealkylation sites (tertiary alicyclic amines) is 1. The molecule has 1 saturated heterocycles. The molecule has 2 heterocycles. The third-order valence-corrected chi connectivity index (χ3v) is 6.83. The highest BCUT2D eigenvalue weighted by Gasteiger charge is 2.31. The molecule has 1 aliphatic heterocycles. The van der Waals surface area contributed by atoms with Crippen molar-refractivity contribution in [2.45, 2.75) is 25.5 Å². The Morgan fingerprint density at radius 3 is 2.28 bits per heavy atom. The summed E-state index contributed by atoms with van der Waals surface area (Å²) in [6.45, 7) is 1.23. The van der Waals surface area contributed by atoms with E-state index in [9.17, 15) is 9.59 Å². The molecule has 0 aliphatic carbocycles. The van der Waals surface area contributed by atoms with E-state index in [0.717, 1.165) is 28.0 Å². The first kappa shape index (κ1) is 23.6. The van der Waals surface area contributed by atoms with Crippen molar-refractivity contribution in [1.29, 1.82) is 0 Å². The van der Waals surface area contributed by atoms with Gasteiger partial charge in [-0.3, -0.25) is 4.79 Å². The van der Waals surface area contributed by atoms with E-state index in [1.54, 1.807) is 4.90 Å². The Hall–Kier alpha value is -4.13. The normalized spacial score (nSPS) is 15.0. The molecule has 0 saturated carbocycles. The molecule has 7 heteroatoms. The van der Waals surface area contributed by atoms with Gasteiger partial charge in [0.05, 0.1) is 11.0 Å². The summed E-state index contributed by atoms with van der Waals surface area (Å²) in [5.41, 5.74) is 3.85. The summed E-state index contributed by atoms with van der Waals surface area (Å²) < 4.78 is 7.50. The predicted molar refractivity (Wildman–Crippen MR) is 138 cm³/mol. The van der Waals surface area contributed by atoms with Crippen LogP contribution in [0.4, 0.5) is 4.79 Å². The maximum atomic E-state index is 13.4. The zero-order valence-electron chi connectivity index (χ0n) is 20.3. The molecule has 1 unspecified atom stereocenters. The molecular weight excluding hydrogens is 452 g/mol. The van der Waals surface area contributed by atoms with Crippen LogP contribution in [0.25, 0.3) is 11.0 Å². The number of rotatable bonds is 6. The number of carbonyl (C=O) groups is 2. The van der Waals surface area contributed by atoms with Crippen LogP contribution in [0.15, 0.2) is 84.9 Å². The number of hydrogen-bond donors (Lipinski definition) is 1. The van der Waals surface area contributed by atoms with Gasteiger partial charge >= 0.3 is 6.09 Å². The molecule has 0 radical (unpaired) electrons. The number of carbonyl (C=O) groups excluding carboxylic acids is 2. The zero-order valence-corrected chi connectivity index (χ0v) is 20.3. The molecule has 1 aliphatic rings. The molecule has 0 spiro atoms. The molecule has 0 bridgehead atoms. The SMILES string of the molecule is Cn1c(C(NC(=O)C2CCN(C(=O)OCc3ccccc3)CC2)c2ccccc2)nc2ccccc21. The number of aryl methyl sites for hydroxylation is 1. The fraction of sp³-hybridized carbons (Fsp3) is 0.276. The van der Waals surface area contributed by atoms with Crippen LogP contribution in [0.3, 0.4) is 0 Å². The van der Waals surface area contributed by atoms with Gasteiger partial charge in [0.15, 0.2) is 0 Å². The van der Waals surface area contributed by atoms with E-state index >= 15 is 0 Å². The smallest absolute Gasteiger partial charge is 0.410 e. The minimum absolute atomic E-state index is 0.0202. The van der Waals surface area contributed by atoms with E-state index in [2.05, 4.69) is 5.32 Å². The van der Waals surface area contributed by atoms with E-state index in [1.165, 1.54) is 0 Å². The standard InChI is InChI=1S/C29H30N4O3/c1-32-25-15-9-8-14-24(25)30-27(32)26(22-12-6-3-7-13-22)31-28(34)23-16-18-33(19-17-23)29(35)36-20-21-10-4-2-5-11-21/h2-15,23,26H,16-20H2,1H3,(H,31,34). The van der Waals surface area contributed by atoms with E-state index in [0.29, 0.717) is 25.9 Å². The Kier molecular flexibility index (Phi) is 6.98. The second-order valence-corrected chi connectivity index (χ2v) is 9.17. The minimum atomic E-state index is -0.370. The summed E-state index contributed by atoms with van der Waals surface area (Å²) in [6.07, 6.45) is 0.853. The van der Waals surface area contributed by atoms with Crippen molar-refractivity contribution in [2.24, 2.45) is 13.0 Å². The first-order valence-corrected chi connectivity index (χ1v) is 12.3. The van der Waals surface area contributed by atoms with E-state index < -0.39 is 0 Å². The van der Waals surface area contributed by atoms with Gasteiger partial charge in [0.25, 0.3) is 0 Å². The lowest BCUT2D eigenvalue weighted by atomic mass is 9.95. The quantitative estimate of drug-likeness (QED) is 0.427. The Labute approximate surface area is 210 Å². The van der Waals surface area contributed by atoms with Gasteiger partial charge in [-0.25, -0.2) is 9.78 Å². The molecule has 1 atom stereocenters. The number of aromatic nitrogens is 2. The first-order valence-electron chi connectivity index (χ1n) is 12.3. The third-order valence-electron chi connectivity index (χ3n) is 6.83. The minimum Gasteiger partial charge on any atom is -0.445 e. The lowest BCUT2D eigenvalue weighted by Gasteiger charge is -2.31. The molecule has 1 N–H and O–H groups in total. The number of hydrogen-bond acceptors (Lipinski definition) is 4. The number of nitrogens with zero attached hydrogens (tertiary/aromatic N) is 3.